The molecule has 2 N–H and O–H groups in total. The van der Waals surface area contributed by atoms with Crippen LogP contribution in [0.2, 0.25) is 0 Å². The first-order valence-electron chi connectivity index (χ1n) is 6.63. The summed E-state index contributed by atoms with van der Waals surface area (Å²) in [5.74, 6) is -0.822. The van der Waals surface area contributed by atoms with Crippen molar-refractivity contribution in [2.45, 2.75) is 25.8 Å². The predicted octanol–water partition coefficient (Wildman–Crippen LogP) is 0.753. The molecule has 1 atom stereocenters. The molecule has 1 fully saturated rings. The van der Waals surface area contributed by atoms with Gasteiger partial charge < -0.3 is 15.3 Å². The van der Waals surface area contributed by atoms with Gasteiger partial charge in [-0.1, -0.05) is 6.08 Å². The van der Waals surface area contributed by atoms with E-state index in [9.17, 15) is 9.59 Å². The molecule has 6 nitrogen and oxygen atoms in total. The third-order valence-corrected chi connectivity index (χ3v) is 3.12. The first-order valence-corrected chi connectivity index (χ1v) is 6.63. The number of amides is 2. The number of carboxylic acid groups (broad SMARTS) is 1. The summed E-state index contributed by atoms with van der Waals surface area (Å²) in [6, 6.07) is -0.00472. The molecule has 0 aromatic rings. The highest BCUT2D eigenvalue weighted by molar-refractivity contribution is 5.74. The summed E-state index contributed by atoms with van der Waals surface area (Å²) in [7, 11) is 0. The van der Waals surface area contributed by atoms with E-state index in [0.717, 1.165) is 19.4 Å². The molecule has 1 aliphatic rings. The number of urea groups is 1. The maximum absolute atomic E-state index is 12.0. The summed E-state index contributed by atoms with van der Waals surface area (Å²) in [5, 5.41) is 11.7. The number of rotatable bonds is 5. The van der Waals surface area contributed by atoms with Gasteiger partial charge in [0.1, 0.15) is 0 Å². The van der Waals surface area contributed by atoms with Crippen LogP contribution in [0.25, 0.3) is 0 Å². The fourth-order valence-corrected chi connectivity index (χ4v) is 2.13. The van der Waals surface area contributed by atoms with Crippen LogP contribution in [0.1, 0.15) is 19.8 Å². The lowest BCUT2D eigenvalue weighted by atomic mass is 10.2. The number of nitrogens with zero attached hydrogens (tertiary/aromatic N) is 2. The Morgan fingerprint density at radius 3 is 2.74 bits per heavy atom. The van der Waals surface area contributed by atoms with Gasteiger partial charge in [-0.25, -0.2) is 4.79 Å². The molecule has 1 saturated heterocycles. The third kappa shape index (κ3) is 5.74. The number of carbonyl (C=O) groups excluding carboxylic acids is 1. The van der Waals surface area contributed by atoms with E-state index in [1.165, 1.54) is 0 Å². The molecule has 1 aliphatic heterocycles. The van der Waals surface area contributed by atoms with Crippen LogP contribution in [0.3, 0.4) is 0 Å². The van der Waals surface area contributed by atoms with Crippen molar-refractivity contribution in [1.29, 1.82) is 0 Å². The first kappa shape index (κ1) is 15.5. The molecule has 108 valence electrons. The molecule has 19 heavy (non-hydrogen) atoms. The van der Waals surface area contributed by atoms with Gasteiger partial charge in [0.15, 0.2) is 0 Å². The van der Waals surface area contributed by atoms with Crippen LogP contribution >= 0.6 is 0 Å². The Morgan fingerprint density at radius 2 is 2.11 bits per heavy atom. The molecule has 0 aliphatic carbocycles. The minimum atomic E-state index is -0.822. The monoisotopic (exact) mass is 269 g/mol. The SMILES string of the molecule is C=CCC(C)NC(=O)N1CCCN(CC(=O)O)CC1. The molecule has 2 amide bonds. The first-order chi connectivity index (χ1) is 9.02. The maximum Gasteiger partial charge on any atom is 0.317 e. The van der Waals surface area contributed by atoms with E-state index in [2.05, 4.69) is 11.9 Å². The van der Waals surface area contributed by atoms with Crippen molar-refractivity contribution < 1.29 is 14.7 Å². The quantitative estimate of drug-likeness (QED) is 0.723. The Kier molecular flexibility index (Phi) is 6.35. The van der Waals surface area contributed by atoms with Crippen molar-refractivity contribution in [1.82, 2.24) is 15.1 Å². The molecule has 0 saturated carbocycles. The predicted molar refractivity (Wildman–Crippen MR) is 73.1 cm³/mol. The van der Waals surface area contributed by atoms with Gasteiger partial charge in [-0.3, -0.25) is 9.69 Å². The van der Waals surface area contributed by atoms with E-state index in [0.29, 0.717) is 19.6 Å². The van der Waals surface area contributed by atoms with Crippen LogP contribution in [-0.2, 0) is 4.79 Å². The Labute approximate surface area is 114 Å². The second-order valence-electron chi connectivity index (χ2n) is 4.89. The van der Waals surface area contributed by atoms with E-state index in [1.54, 1.807) is 11.0 Å². The minimum Gasteiger partial charge on any atom is -0.480 e. The molecular weight excluding hydrogens is 246 g/mol. The summed E-state index contributed by atoms with van der Waals surface area (Å²) in [5.41, 5.74) is 0. The Hall–Kier alpha value is -1.56. The van der Waals surface area contributed by atoms with Crippen LogP contribution in [0, 0.1) is 0 Å². The molecule has 1 rings (SSSR count). The fraction of sp³-hybridized carbons (Fsp3) is 0.692. The average molecular weight is 269 g/mol. The van der Waals surface area contributed by atoms with Gasteiger partial charge in [-0.2, -0.15) is 0 Å². The second-order valence-corrected chi connectivity index (χ2v) is 4.89. The Balaban J connectivity index is 2.41. The van der Waals surface area contributed by atoms with Crippen molar-refractivity contribution in [3.8, 4) is 0 Å². The van der Waals surface area contributed by atoms with Crippen LogP contribution in [0.4, 0.5) is 4.79 Å². The van der Waals surface area contributed by atoms with Gasteiger partial charge in [-0.05, 0) is 19.8 Å². The minimum absolute atomic E-state index is 0.0440. The van der Waals surface area contributed by atoms with Crippen molar-refractivity contribution >= 4 is 12.0 Å². The second kappa shape index (κ2) is 7.78. The van der Waals surface area contributed by atoms with Gasteiger partial charge >= 0.3 is 12.0 Å². The normalized spacial score (nSPS) is 18.5. The van der Waals surface area contributed by atoms with Crippen LogP contribution in [0.15, 0.2) is 12.7 Å². The molecule has 0 aromatic heterocycles. The van der Waals surface area contributed by atoms with Gasteiger partial charge in [0, 0.05) is 32.2 Å². The number of carbonyl (C=O) groups is 2. The summed E-state index contributed by atoms with van der Waals surface area (Å²) >= 11 is 0. The van der Waals surface area contributed by atoms with Gasteiger partial charge in [0.25, 0.3) is 0 Å². The Bertz CT molecular complexity index is 333. The average Bonchev–Trinajstić information content (AvgIpc) is 2.54. The van der Waals surface area contributed by atoms with Crippen molar-refractivity contribution in [2.24, 2.45) is 0 Å². The highest BCUT2D eigenvalue weighted by Gasteiger charge is 2.20. The topological polar surface area (TPSA) is 72.9 Å². The van der Waals surface area contributed by atoms with Crippen molar-refractivity contribution in [2.75, 3.05) is 32.7 Å². The summed E-state index contributed by atoms with van der Waals surface area (Å²) < 4.78 is 0. The van der Waals surface area contributed by atoms with E-state index in [4.69, 9.17) is 5.11 Å². The van der Waals surface area contributed by atoms with E-state index in [-0.39, 0.29) is 18.6 Å². The van der Waals surface area contributed by atoms with Gasteiger partial charge in [0.05, 0.1) is 6.54 Å². The molecule has 1 unspecified atom stereocenters. The maximum atomic E-state index is 12.0. The number of nitrogens with one attached hydrogen (secondary N) is 1. The van der Waals surface area contributed by atoms with E-state index >= 15 is 0 Å². The van der Waals surface area contributed by atoms with Crippen LogP contribution in [0.5, 0.6) is 0 Å². The number of carboxylic acids is 1. The van der Waals surface area contributed by atoms with Crippen LogP contribution < -0.4 is 5.32 Å². The summed E-state index contributed by atoms with van der Waals surface area (Å²) in [4.78, 5) is 26.3. The molecule has 1 heterocycles. The third-order valence-electron chi connectivity index (χ3n) is 3.12. The van der Waals surface area contributed by atoms with Gasteiger partial charge in [-0.15, -0.1) is 6.58 Å². The molecule has 0 spiro atoms. The zero-order valence-corrected chi connectivity index (χ0v) is 11.5. The zero-order chi connectivity index (χ0) is 14.3. The Morgan fingerprint density at radius 1 is 1.37 bits per heavy atom. The lowest BCUT2D eigenvalue weighted by Gasteiger charge is -2.23. The smallest absolute Gasteiger partial charge is 0.317 e. The van der Waals surface area contributed by atoms with Crippen LogP contribution in [-0.4, -0.2) is 65.7 Å². The van der Waals surface area contributed by atoms with E-state index in [1.807, 2.05) is 11.8 Å². The van der Waals surface area contributed by atoms with Crippen molar-refractivity contribution in [3.63, 3.8) is 0 Å². The number of hydrogen-bond acceptors (Lipinski definition) is 3. The molecule has 6 heteroatoms. The zero-order valence-electron chi connectivity index (χ0n) is 11.5. The van der Waals surface area contributed by atoms with Crippen molar-refractivity contribution in [3.05, 3.63) is 12.7 Å². The molecule has 0 radical (unpaired) electrons. The largest absolute Gasteiger partial charge is 0.480 e. The molecular formula is C13H23N3O3. The summed E-state index contributed by atoms with van der Waals surface area (Å²) in [6.07, 6.45) is 3.32. The lowest BCUT2D eigenvalue weighted by molar-refractivity contribution is -0.138. The van der Waals surface area contributed by atoms with Gasteiger partial charge in [0.2, 0.25) is 0 Å². The molecule has 0 bridgehead atoms. The number of aliphatic carboxylic acids is 1. The standard InChI is InChI=1S/C13H23N3O3/c1-3-5-11(2)14-13(19)16-7-4-6-15(8-9-16)10-12(17)18/h3,11H,1,4-10H2,2H3,(H,14,19)(H,17,18). The molecule has 0 aromatic carbocycles. The highest BCUT2D eigenvalue weighted by atomic mass is 16.4. The lowest BCUT2D eigenvalue weighted by Crippen LogP contribution is -2.45. The summed E-state index contributed by atoms with van der Waals surface area (Å²) in [6.45, 7) is 8.19. The highest BCUT2D eigenvalue weighted by Crippen LogP contribution is 2.04. The van der Waals surface area contributed by atoms with E-state index < -0.39 is 5.97 Å². The number of hydrogen-bond donors (Lipinski definition) is 2. The fourth-order valence-electron chi connectivity index (χ4n) is 2.13.